The van der Waals surface area contributed by atoms with Crippen LogP contribution >= 0.6 is 0 Å². The van der Waals surface area contributed by atoms with E-state index < -0.39 is 0 Å². The van der Waals surface area contributed by atoms with Gasteiger partial charge in [-0.05, 0) is 48.2 Å². The molecule has 4 nitrogen and oxygen atoms in total. The second kappa shape index (κ2) is 12.2. The van der Waals surface area contributed by atoms with Crippen molar-refractivity contribution < 1.29 is 9.47 Å². The SMILES string of the molecule is CCCCCCOc1ccc(-c2ccc(OCCCCCC)c(N)c2)cc1N. The molecular weight excluding hydrogens is 348 g/mol. The van der Waals surface area contributed by atoms with Crippen LogP contribution in [0.5, 0.6) is 11.5 Å². The predicted molar refractivity (Wildman–Crippen MR) is 120 cm³/mol. The van der Waals surface area contributed by atoms with E-state index in [0.29, 0.717) is 24.6 Å². The average Bonchev–Trinajstić information content (AvgIpc) is 2.69. The minimum absolute atomic E-state index is 0.655. The summed E-state index contributed by atoms with van der Waals surface area (Å²) in [5.74, 6) is 1.50. The standard InChI is InChI=1S/C24H36N2O2/c1-3-5-7-9-15-27-23-13-11-19(17-21(23)25)20-12-14-24(22(26)18-20)28-16-10-8-6-4-2/h11-14,17-18H,3-10,15-16,25-26H2,1-2H3. The maximum absolute atomic E-state index is 6.19. The number of rotatable bonds is 13. The Hall–Kier alpha value is -2.36. The molecule has 154 valence electrons. The second-order valence-electron chi connectivity index (χ2n) is 7.32. The van der Waals surface area contributed by atoms with Crippen LogP contribution in [0.1, 0.15) is 65.2 Å². The first-order valence-corrected chi connectivity index (χ1v) is 10.7. The molecule has 0 aromatic heterocycles. The molecule has 2 rings (SSSR count). The minimum Gasteiger partial charge on any atom is -0.491 e. The lowest BCUT2D eigenvalue weighted by Gasteiger charge is -2.13. The van der Waals surface area contributed by atoms with Gasteiger partial charge in [-0.2, -0.15) is 0 Å². The Morgan fingerprint density at radius 3 is 1.39 bits per heavy atom. The summed E-state index contributed by atoms with van der Waals surface area (Å²) in [5.41, 5.74) is 15.7. The summed E-state index contributed by atoms with van der Waals surface area (Å²) in [7, 11) is 0. The van der Waals surface area contributed by atoms with Crippen LogP contribution in [0.3, 0.4) is 0 Å². The third kappa shape index (κ3) is 6.99. The highest BCUT2D eigenvalue weighted by molar-refractivity contribution is 5.74. The molecular formula is C24H36N2O2. The van der Waals surface area contributed by atoms with Crippen LogP contribution in [0.15, 0.2) is 36.4 Å². The van der Waals surface area contributed by atoms with Crippen molar-refractivity contribution in [2.75, 3.05) is 24.7 Å². The summed E-state index contributed by atoms with van der Waals surface area (Å²) in [5, 5.41) is 0. The van der Waals surface area contributed by atoms with E-state index in [0.717, 1.165) is 35.5 Å². The average molecular weight is 385 g/mol. The number of ether oxygens (including phenoxy) is 2. The lowest BCUT2D eigenvalue weighted by atomic mass is 10.0. The van der Waals surface area contributed by atoms with Crippen molar-refractivity contribution in [3.05, 3.63) is 36.4 Å². The number of anilines is 2. The van der Waals surface area contributed by atoms with Gasteiger partial charge in [-0.3, -0.25) is 0 Å². The molecule has 0 radical (unpaired) electrons. The molecule has 0 aliphatic rings. The minimum atomic E-state index is 0.655. The second-order valence-corrected chi connectivity index (χ2v) is 7.32. The van der Waals surface area contributed by atoms with Crippen LogP contribution in [-0.2, 0) is 0 Å². The van der Waals surface area contributed by atoms with Gasteiger partial charge in [0.05, 0.1) is 24.6 Å². The van der Waals surface area contributed by atoms with Crippen molar-refractivity contribution in [2.45, 2.75) is 65.2 Å². The van der Waals surface area contributed by atoms with Gasteiger partial charge in [0.2, 0.25) is 0 Å². The highest BCUT2D eigenvalue weighted by Crippen LogP contribution is 2.32. The van der Waals surface area contributed by atoms with Gasteiger partial charge >= 0.3 is 0 Å². The predicted octanol–water partition coefficient (Wildman–Crippen LogP) is 6.44. The fourth-order valence-corrected chi connectivity index (χ4v) is 3.14. The van der Waals surface area contributed by atoms with E-state index in [4.69, 9.17) is 20.9 Å². The summed E-state index contributed by atoms with van der Waals surface area (Å²) in [6.07, 6.45) is 9.46. The molecule has 0 bridgehead atoms. The Balaban J connectivity index is 1.93. The van der Waals surface area contributed by atoms with Crippen LogP contribution < -0.4 is 20.9 Å². The van der Waals surface area contributed by atoms with Crippen LogP contribution in [-0.4, -0.2) is 13.2 Å². The van der Waals surface area contributed by atoms with Crippen molar-refractivity contribution in [2.24, 2.45) is 0 Å². The summed E-state index contributed by atoms with van der Waals surface area (Å²) >= 11 is 0. The normalized spacial score (nSPS) is 10.8. The molecule has 2 aromatic carbocycles. The lowest BCUT2D eigenvalue weighted by molar-refractivity contribution is 0.306. The molecule has 4 N–H and O–H groups in total. The molecule has 0 unspecified atom stereocenters. The molecule has 0 spiro atoms. The fourth-order valence-electron chi connectivity index (χ4n) is 3.14. The molecule has 0 atom stereocenters. The summed E-state index contributed by atoms with van der Waals surface area (Å²) < 4.78 is 11.6. The fraction of sp³-hybridized carbons (Fsp3) is 0.500. The summed E-state index contributed by atoms with van der Waals surface area (Å²) in [6.45, 7) is 5.83. The molecule has 0 saturated heterocycles. The van der Waals surface area contributed by atoms with Gasteiger partial charge in [0.15, 0.2) is 0 Å². The quantitative estimate of drug-likeness (QED) is 0.308. The monoisotopic (exact) mass is 384 g/mol. The molecule has 0 fully saturated rings. The third-order valence-corrected chi connectivity index (χ3v) is 4.86. The molecule has 0 amide bonds. The maximum Gasteiger partial charge on any atom is 0.142 e. The maximum atomic E-state index is 6.19. The van der Waals surface area contributed by atoms with Crippen molar-refractivity contribution in [3.63, 3.8) is 0 Å². The molecule has 0 saturated carbocycles. The number of hydrogen-bond acceptors (Lipinski definition) is 4. The van der Waals surface area contributed by atoms with Crippen LogP contribution in [0.4, 0.5) is 11.4 Å². The molecule has 4 heteroatoms. The Morgan fingerprint density at radius 2 is 1.04 bits per heavy atom. The molecule has 0 heterocycles. The zero-order valence-corrected chi connectivity index (χ0v) is 17.5. The van der Waals surface area contributed by atoms with E-state index in [1.807, 2.05) is 36.4 Å². The Morgan fingerprint density at radius 1 is 0.607 bits per heavy atom. The van der Waals surface area contributed by atoms with Crippen molar-refractivity contribution >= 4 is 11.4 Å². The number of unbranched alkanes of at least 4 members (excludes halogenated alkanes) is 6. The number of nitrogen functional groups attached to an aromatic ring is 2. The van der Waals surface area contributed by atoms with Gasteiger partial charge in [-0.15, -0.1) is 0 Å². The summed E-state index contributed by atoms with van der Waals surface area (Å²) in [6, 6.07) is 11.8. The molecule has 28 heavy (non-hydrogen) atoms. The Bertz CT molecular complexity index is 654. The van der Waals surface area contributed by atoms with E-state index >= 15 is 0 Å². The Labute approximate surface area is 170 Å². The van der Waals surface area contributed by atoms with Gasteiger partial charge in [-0.25, -0.2) is 0 Å². The Kier molecular flexibility index (Phi) is 9.53. The van der Waals surface area contributed by atoms with E-state index in [1.54, 1.807) is 0 Å². The van der Waals surface area contributed by atoms with E-state index in [2.05, 4.69) is 13.8 Å². The molecule has 0 aliphatic carbocycles. The third-order valence-electron chi connectivity index (χ3n) is 4.86. The smallest absolute Gasteiger partial charge is 0.142 e. The van der Waals surface area contributed by atoms with E-state index in [1.165, 1.54) is 38.5 Å². The number of benzene rings is 2. The first-order chi connectivity index (χ1) is 13.7. The first kappa shape index (κ1) is 21.9. The van der Waals surface area contributed by atoms with Gasteiger partial charge in [0.25, 0.3) is 0 Å². The molecule has 0 aliphatic heterocycles. The van der Waals surface area contributed by atoms with Crippen LogP contribution in [0.25, 0.3) is 11.1 Å². The lowest BCUT2D eigenvalue weighted by Crippen LogP contribution is -2.01. The highest BCUT2D eigenvalue weighted by Gasteiger charge is 2.07. The number of nitrogens with two attached hydrogens (primary N) is 2. The molecule has 2 aromatic rings. The van der Waals surface area contributed by atoms with Crippen molar-refractivity contribution in [1.29, 1.82) is 0 Å². The van der Waals surface area contributed by atoms with Gasteiger partial charge in [0, 0.05) is 0 Å². The topological polar surface area (TPSA) is 70.5 Å². The highest BCUT2D eigenvalue weighted by atomic mass is 16.5. The van der Waals surface area contributed by atoms with Crippen LogP contribution in [0, 0.1) is 0 Å². The zero-order valence-electron chi connectivity index (χ0n) is 17.5. The number of hydrogen-bond donors (Lipinski definition) is 2. The van der Waals surface area contributed by atoms with Gasteiger partial charge in [0.1, 0.15) is 11.5 Å². The largest absolute Gasteiger partial charge is 0.491 e. The van der Waals surface area contributed by atoms with E-state index in [9.17, 15) is 0 Å². The van der Waals surface area contributed by atoms with E-state index in [-0.39, 0.29) is 0 Å². The van der Waals surface area contributed by atoms with Gasteiger partial charge < -0.3 is 20.9 Å². The van der Waals surface area contributed by atoms with Crippen molar-refractivity contribution in [1.82, 2.24) is 0 Å². The zero-order chi connectivity index (χ0) is 20.2. The summed E-state index contributed by atoms with van der Waals surface area (Å²) in [4.78, 5) is 0. The first-order valence-electron chi connectivity index (χ1n) is 10.7. The van der Waals surface area contributed by atoms with Gasteiger partial charge in [-0.1, -0.05) is 64.5 Å². The van der Waals surface area contributed by atoms with Crippen molar-refractivity contribution in [3.8, 4) is 22.6 Å². The van der Waals surface area contributed by atoms with Crippen LogP contribution in [0.2, 0.25) is 0 Å².